The van der Waals surface area contributed by atoms with E-state index in [1.165, 1.54) is 11.3 Å². The molecule has 0 amide bonds. The van der Waals surface area contributed by atoms with Crippen molar-refractivity contribution in [2.24, 2.45) is 0 Å². The molecule has 0 spiro atoms. The monoisotopic (exact) mass is 183 g/mol. The SMILES string of the molecule is CCCCOC(=O)c1cc[c]s1. The van der Waals surface area contributed by atoms with Crippen molar-refractivity contribution in [2.45, 2.75) is 19.8 Å². The van der Waals surface area contributed by atoms with E-state index in [1.54, 1.807) is 12.1 Å². The fourth-order valence-corrected chi connectivity index (χ4v) is 1.27. The van der Waals surface area contributed by atoms with E-state index in [4.69, 9.17) is 4.74 Å². The maximum Gasteiger partial charge on any atom is 0.348 e. The highest BCUT2D eigenvalue weighted by molar-refractivity contribution is 7.11. The van der Waals surface area contributed by atoms with E-state index in [9.17, 15) is 4.79 Å². The smallest absolute Gasteiger partial charge is 0.348 e. The van der Waals surface area contributed by atoms with E-state index in [2.05, 4.69) is 12.3 Å². The zero-order chi connectivity index (χ0) is 8.81. The van der Waals surface area contributed by atoms with Crippen molar-refractivity contribution in [3.63, 3.8) is 0 Å². The third-order valence-electron chi connectivity index (χ3n) is 1.40. The predicted molar refractivity (Wildman–Crippen MR) is 48.3 cm³/mol. The number of hydrogen-bond acceptors (Lipinski definition) is 3. The minimum absolute atomic E-state index is 0.227. The van der Waals surface area contributed by atoms with Gasteiger partial charge < -0.3 is 4.74 Å². The summed E-state index contributed by atoms with van der Waals surface area (Å²) < 4.78 is 4.98. The first-order valence-electron chi connectivity index (χ1n) is 3.97. The minimum Gasteiger partial charge on any atom is -0.462 e. The number of rotatable bonds is 4. The van der Waals surface area contributed by atoms with Crippen molar-refractivity contribution in [3.05, 3.63) is 22.4 Å². The molecule has 0 aliphatic rings. The summed E-state index contributed by atoms with van der Waals surface area (Å²) in [6.07, 6.45) is 1.98. The Morgan fingerprint density at radius 3 is 3.17 bits per heavy atom. The summed E-state index contributed by atoms with van der Waals surface area (Å²) in [6, 6.07) is 3.44. The Morgan fingerprint density at radius 1 is 1.75 bits per heavy atom. The topological polar surface area (TPSA) is 26.3 Å². The molecule has 0 bridgehead atoms. The molecule has 0 aliphatic heterocycles. The van der Waals surface area contributed by atoms with Crippen LogP contribution in [0.25, 0.3) is 0 Å². The van der Waals surface area contributed by atoms with Crippen LogP contribution in [0.5, 0.6) is 0 Å². The van der Waals surface area contributed by atoms with Crippen LogP contribution in [-0.2, 0) is 4.74 Å². The molecule has 1 aromatic rings. The van der Waals surface area contributed by atoms with Gasteiger partial charge in [-0.3, -0.25) is 0 Å². The molecule has 1 rings (SSSR count). The van der Waals surface area contributed by atoms with Gasteiger partial charge in [-0.2, -0.15) is 0 Å². The van der Waals surface area contributed by atoms with Crippen LogP contribution in [0.3, 0.4) is 0 Å². The van der Waals surface area contributed by atoms with Crippen LogP contribution >= 0.6 is 11.3 Å². The number of unbranched alkanes of at least 4 members (excludes halogenated alkanes) is 1. The lowest BCUT2D eigenvalue weighted by Gasteiger charge is -2.00. The summed E-state index contributed by atoms with van der Waals surface area (Å²) in [5.41, 5.74) is 0. The molecule has 0 atom stereocenters. The van der Waals surface area contributed by atoms with Crippen molar-refractivity contribution in [3.8, 4) is 0 Å². The molecule has 0 aromatic carbocycles. The van der Waals surface area contributed by atoms with Crippen LogP contribution < -0.4 is 0 Å². The van der Waals surface area contributed by atoms with E-state index < -0.39 is 0 Å². The average molecular weight is 183 g/mol. The molecule has 1 aromatic heterocycles. The third-order valence-corrected chi connectivity index (χ3v) is 2.18. The highest BCUT2D eigenvalue weighted by Gasteiger charge is 2.06. The number of thiophene rings is 1. The molecule has 1 radical (unpaired) electrons. The van der Waals surface area contributed by atoms with E-state index >= 15 is 0 Å². The van der Waals surface area contributed by atoms with Crippen LogP contribution in [0.2, 0.25) is 0 Å². The first kappa shape index (κ1) is 9.26. The fourth-order valence-electron chi connectivity index (χ4n) is 0.731. The molecular formula is C9H11O2S. The molecule has 0 N–H and O–H groups in total. The van der Waals surface area contributed by atoms with Crippen LogP contribution in [0.15, 0.2) is 12.1 Å². The second kappa shape index (κ2) is 4.93. The number of carbonyl (C=O) groups excluding carboxylic acids is 1. The van der Waals surface area contributed by atoms with Gasteiger partial charge in [-0.25, -0.2) is 4.79 Å². The summed E-state index contributed by atoms with van der Waals surface area (Å²) in [5, 5.41) is 2.84. The van der Waals surface area contributed by atoms with Gasteiger partial charge >= 0.3 is 5.97 Å². The van der Waals surface area contributed by atoms with Gasteiger partial charge in [0.15, 0.2) is 0 Å². The highest BCUT2D eigenvalue weighted by Crippen LogP contribution is 2.09. The second-order valence-electron chi connectivity index (χ2n) is 2.41. The minimum atomic E-state index is -0.227. The molecule has 0 fully saturated rings. The summed E-state index contributed by atoms with van der Waals surface area (Å²) >= 11 is 1.29. The van der Waals surface area contributed by atoms with Gasteiger partial charge in [0.25, 0.3) is 0 Å². The number of ether oxygens (including phenoxy) is 1. The van der Waals surface area contributed by atoms with Crippen molar-refractivity contribution in [2.75, 3.05) is 6.61 Å². The quantitative estimate of drug-likeness (QED) is 0.529. The average Bonchev–Trinajstić information content (AvgIpc) is 2.56. The highest BCUT2D eigenvalue weighted by atomic mass is 32.1. The molecule has 1 heterocycles. The zero-order valence-electron chi connectivity index (χ0n) is 7.00. The molecule has 12 heavy (non-hydrogen) atoms. The first-order valence-corrected chi connectivity index (χ1v) is 4.79. The van der Waals surface area contributed by atoms with Crippen molar-refractivity contribution < 1.29 is 9.53 Å². The Morgan fingerprint density at radius 2 is 2.58 bits per heavy atom. The van der Waals surface area contributed by atoms with Crippen LogP contribution in [0.4, 0.5) is 0 Å². The lowest BCUT2D eigenvalue weighted by Crippen LogP contribution is -2.03. The third kappa shape index (κ3) is 2.66. The van der Waals surface area contributed by atoms with Gasteiger partial charge in [0.2, 0.25) is 0 Å². The largest absolute Gasteiger partial charge is 0.462 e. The van der Waals surface area contributed by atoms with Crippen LogP contribution in [0, 0.1) is 5.38 Å². The Kier molecular flexibility index (Phi) is 3.80. The fraction of sp³-hybridized carbons (Fsp3) is 0.444. The summed E-state index contributed by atoms with van der Waals surface area (Å²) in [7, 11) is 0. The lowest BCUT2D eigenvalue weighted by molar-refractivity contribution is 0.0505. The maximum atomic E-state index is 11.1. The molecular weight excluding hydrogens is 172 g/mol. The van der Waals surface area contributed by atoms with Gasteiger partial charge in [-0.05, 0) is 18.6 Å². The Balaban J connectivity index is 2.30. The Bertz CT molecular complexity index is 229. The van der Waals surface area contributed by atoms with Crippen LogP contribution in [0.1, 0.15) is 29.4 Å². The Labute approximate surface area is 76.2 Å². The number of carbonyl (C=O) groups is 1. The van der Waals surface area contributed by atoms with Gasteiger partial charge in [0.05, 0.1) is 6.61 Å². The maximum absolute atomic E-state index is 11.1. The number of hydrogen-bond donors (Lipinski definition) is 0. The van der Waals surface area contributed by atoms with Crippen molar-refractivity contribution in [1.82, 2.24) is 0 Å². The van der Waals surface area contributed by atoms with E-state index in [0.29, 0.717) is 11.5 Å². The van der Waals surface area contributed by atoms with Gasteiger partial charge in [0.1, 0.15) is 4.88 Å². The summed E-state index contributed by atoms with van der Waals surface area (Å²) in [6.45, 7) is 2.58. The van der Waals surface area contributed by atoms with Crippen LogP contribution in [-0.4, -0.2) is 12.6 Å². The predicted octanol–water partition coefficient (Wildman–Crippen LogP) is 2.51. The van der Waals surface area contributed by atoms with Crippen molar-refractivity contribution >= 4 is 17.3 Å². The molecule has 65 valence electrons. The molecule has 0 aliphatic carbocycles. The molecule has 2 nitrogen and oxygen atoms in total. The van der Waals surface area contributed by atoms with E-state index in [0.717, 1.165) is 12.8 Å². The van der Waals surface area contributed by atoms with Gasteiger partial charge in [-0.1, -0.05) is 13.3 Å². The van der Waals surface area contributed by atoms with E-state index in [1.807, 2.05) is 0 Å². The molecule has 0 unspecified atom stereocenters. The normalized spacial score (nSPS) is 9.75. The summed E-state index contributed by atoms with van der Waals surface area (Å²) in [5.74, 6) is -0.227. The van der Waals surface area contributed by atoms with E-state index in [-0.39, 0.29) is 5.97 Å². The standard InChI is InChI=1S/C9H11O2S/c1-2-3-6-11-9(10)8-5-4-7-12-8/h4-5H,2-3,6H2,1H3. The second-order valence-corrected chi connectivity index (χ2v) is 3.29. The Hall–Kier alpha value is -0.830. The molecule has 0 saturated heterocycles. The lowest BCUT2D eigenvalue weighted by atomic mass is 10.4. The van der Waals surface area contributed by atoms with Crippen molar-refractivity contribution in [1.29, 1.82) is 0 Å². The first-order chi connectivity index (χ1) is 5.84. The molecule has 0 saturated carbocycles. The van der Waals surface area contributed by atoms with Gasteiger partial charge in [0, 0.05) is 5.38 Å². The molecule has 3 heteroatoms. The zero-order valence-corrected chi connectivity index (χ0v) is 7.82. The number of esters is 1. The summed E-state index contributed by atoms with van der Waals surface area (Å²) in [4.78, 5) is 11.8. The van der Waals surface area contributed by atoms with Gasteiger partial charge in [-0.15, -0.1) is 11.3 Å².